The molecule has 3 heterocycles. The first-order chi connectivity index (χ1) is 10.2. The van der Waals surface area contributed by atoms with E-state index in [2.05, 4.69) is 17.2 Å². The average molecular weight is 287 g/mol. The third kappa shape index (κ3) is 2.57. The molecule has 2 aliphatic rings. The summed E-state index contributed by atoms with van der Waals surface area (Å²) in [5.74, 6) is 0.320. The first kappa shape index (κ1) is 14.5. The summed E-state index contributed by atoms with van der Waals surface area (Å²) in [5.41, 5.74) is 0.885. The highest BCUT2D eigenvalue weighted by Gasteiger charge is 2.54. The molecule has 2 fully saturated rings. The molecule has 2 saturated heterocycles. The maximum Gasteiger partial charge on any atom is 0.230 e. The van der Waals surface area contributed by atoms with Gasteiger partial charge < -0.3 is 10.2 Å². The summed E-state index contributed by atoms with van der Waals surface area (Å²) in [5, 5.41) is 3.62. The van der Waals surface area contributed by atoms with E-state index in [1.165, 1.54) is 6.42 Å². The summed E-state index contributed by atoms with van der Waals surface area (Å²) in [6.07, 6.45) is 6.97. The number of aromatic nitrogens is 1. The molecular formula is C17H25N3O. The molecule has 114 valence electrons. The number of nitrogens with zero attached hydrogens (tertiary/aromatic N) is 2. The Kier molecular flexibility index (Phi) is 3.98. The molecule has 1 N–H and O–H groups in total. The largest absolute Gasteiger partial charge is 0.345 e. The maximum absolute atomic E-state index is 13.0. The zero-order chi connectivity index (χ0) is 14.9. The molecule has 0 unspecified atom stereocenters. The fraction of sp³-hybridized carbons (Fsp3) is 0.647. The van der Waals surface area contributed by atoms with E-state index >= 15 is 0 Å². The minimum absolute atomic E-state index is 0.165. The van der Waals surface area contributed by atoms with Crippen LogP contribution in [0.1, 0.15) is 38.3 Å². The molecule has 0 saturated carbocycles. The lowest BCUT2D eigenvalue weighted by Gasteiger charge is -2.37. The number of carbonyl (C=O) groups excluding carboxylic acids is 1. The number of carbonyl (C=O) groups is 1. The minimum Gasteiger partial charge on any atom is -0.345 e. The van der Waals surface area contributed by atoms with Crippen molar-refractivity contribution in [3.8, 4) is 0 Å². The number of hydrogen-bond donors (Lipinski definition) is 1. The number of pyridine rings is 1. The van der Waals surface area contributed by atoms with Crippen LogP contribution in [0.25, 0.3) is 0 Å². The van der Waals surface area contributed by atoms with Crippen molar-refractivity contribution in [2.24, 2.45) is 5.41 Å². The van der Waals surface area contributed by atoms with Gasteiger partial charge in [-0.05, 0) is 37.8 Å². The van der Waals surface area contributed by atoms with Crippen molar-refractivity contribution < 1.29 is 4.79 Å². The third-order valence-corrected chi connectivity index (χ3v) is 5.35. The zero-order valence-corrected chi connectivity index (χ0v) is 13.0. The van der Waals surface area contributed by atoms with E-state index in [1.807, 2.05) is 36.3 Å². The lowest BCUT2D eigenvalue weighted by Crippen LogP contribution is -2.49. The van der Waals surface area contributed by atoms with Crippen molar-refractivity contribution in [2.45, 2.75) is 51.1 Å². The molecule has 3 atom stereocenters. The molecule has 3 rings (SSSR count). The van der Waals surface area contributed by atoms with Crippen LogP contribution < -0.4 is 5.32 Å². The van der Waals surface area contributed by atoms with Crippen LogP contribution in [-0.2, 0) is 11.2 Å². The van der Waals surface area contributed by atoms with Gasteiger partial charge in [0.25, 0.3) is 0 Å². The SMILES string of the molecule is CC[C@@]1(C(=O)N(C)CCc2ccccn2)C[C@@H]2CC[C@H]1N2. The Bertz CT molecular complexity index is 504. The molecule has 4 heteroatoms. The van der Waals surface area contributed by atoms with E-state index in [1.54, 1.807) is 0 Å². The Morgan fingerprint density at radius 2 is 2.33 bits per heavy atom. The van der Waals surface area contributed by atoms with Crippen LogP contribution in [0.5, 0.6) is 0 Å². The van der Waals surface area contributed by atoms with Gasteiger partial charge >= 0.3 is 0 Å². The topological polar surface area (TPSA) is 45.2 Å². The number of fused-ring (bicyclic) bond motifs is 2. The summed E-state index contributed by atoms with van der Waals surface area (Å²) in [6.45, 7) is 2.90. The van der Waals surface area contributed by atoms with E-state index in [9.17, 15) is 4.79 Å². The predicted octanol–water partition coefficient (Wildman–Crippen LogP) is 2.00. The second-order valence-corrected chi connectivity index (χ2v) is 6.51. The maximum atomic E-state index is 13.0. The van der Waals surface area contributed by atoms with Crippen molar-refractivity contribution in [1.82, 2.24) is 15.2 Å². The fourth-order valence-electron chi connectivity index (χ4n) is 4.09. The second-order valence-electron chi connectivity index (χ2n) is 6.51. The van der Waals surface area contributed by atoms with Crippen molar-refractivity contribution in [2.75, 3.05) is 13.6 Å². The molecule has 1 amide bonds. The Balaban J connectivity index is 1.64. The molecular weight excluding hydrogens is 262 g/mol. The van der Waals surface area contributed by atoms with Crippen molar-refractivity contribution >= 4 is 5.91 Å². The molecule has 0 aliphatic carbocycles. The van der Waals surface area contributed by atoms with Gasteiger partial charge in [0.05, 0.1) is 5.41 Å². The lowest BCUT2D eigenvalue weighted by molar-refractivity contribution is -0.142. The van der Waals surface area contributed by atoms with E-state index in [0.29, 0.717) is 18.0 Å². The zero-order valence-electron chi connectivity index (χ0n) is 13.0. The lowest BCUT2D eigenvalue weighted by atomic mass is 9.71. The smallest absolute Gasteiger partial charge is 0.230 e. The first-order valence-corrected chi connectivity index (χ1v) is 8.07. The van der Waals surface area contributed by atoms with Crippen LogP contribution in [0.2, 0.25) is 0 Å². The number of likely N-dealkylation sites (N-methyl/N-ethyl adjacent to an activating group) is 1. The van der Waals surface area contributed by atoms with Crippen LogP contribution in [0.3, 0.4) is 0 Å². The van der Waals surface area contributed by atoms with Gasteiger partial charge in [-0.3, -0.25) is 9.78 Å². The monoisotopic (exact) mass is 287 g/mol. The van der Waals surface area contributed by atoms with Gasteiger partial charge in [0.2, 0.25) is 5.91 Å². The number of amides is 1. The minimum atomic E-state index is -0.165. The Morgan fingerprint density at radius 3 is 2.90 bits per heavy atom. The molecule has 1 aromatic rings. The molecule has 4 nitrogen and oxygen atoms in total. The van der Waals surface area contributed by atoms with E-state index in [4.69, 9.17) is 0 Å². The quantitative estimate of drug-likeness (QED) is 0.901. The highest BCUT2D eigenvalue weighted by Crippen LogP contribution is 2.46. The van der Waals surface area contributed by atoms with Crippen LogP contribution in [0.15, 0.2) is 24.4 Å². The number of hydrogen-bond acceptors (Lipinski definition) is 3. The first-order valence-electron chi connectivity index (χ1n) is 8.07. The predicted molar refractivity (Wildman–Crippen MR) is 82.9 cm³/mol. The van der Waals surface area contributed by atoms with Gasteiger partial charge in [-0.1, -0.05) is 13.0 Å². The van der Waals surface area contributed by atoms with E-state index < -0.39 is 0 Å². The normalized spacial score (nSPS) is 30.6. The van der Waals surface area contributed by atoms with Crippen molar-refractivity contribution in [1.29, 1.82) is 0 Å². The average Bonchev–Trinajstić information content (AvgIpc) is 3.14. The summed E-state index contributed by atoms with van der Waals surface area (Å²) in [7, 11) is 1.94. The van der Waals surface area contributed by atoms with Crippen LogP contribution in [0, 0.1) is 5.41 Å². The summed E-state index contributed by atoms with van der Waals surface area (Å²) in [4.78, 5) is 19.2. The summed E-state index contributed by atoms with van der Waals surface area (Å²) < 4.78 is 0. The van der Waals surface area contributed by atoms with Gasteiger partial charge in [0.1, 0.15) is 0 Å². The molecule has 0 radical (unpaired) electrons. The third-order valence-electron chi connectivity index (χ3n) is 5.35. The van der Waals surface area contributed by atoms with Crippen LogP contribution >= 0.6 is 0 Å². The molecule has 1 aromatic heterocycles. The van der Waals surface area contributed by atoms with Gasteiger partial charge in [0.15, 0.2) is 0 Å². The number of rotatable bonds is 5. The highest BCUT2D eigenvalue weighted by molar-refractivity contribution is 5.84. The summed E-state index contributed by atoms with van der Waals surface area (Å²) >= 11 is 0. The molecule has 21 heavy (non-hydrogen) atoms. The van der Waals surface area contributed by atoms with Crippen LogP contribution in [-0.4, -0.2) is 41.5 Å². The standard InChI is InChI=1S/C17H25N3O/c1-3-17(12-14-7-8-15(17)19-14)16(21)20(2)11-9-13-6-4-5-10-18-13/h4-6,10,14-15,19H,3,7-9,11-12H2,1-2H3/t14-,15+,17+/m0/s1. The van der Waals surface area contributed by atoms with E-state index in [0.717, 1.165) is 37.9 Å². The molecule has 0 aromatic carbocycles. The van der Waals surface area contributed by atoms with Crippen LogP contribution in [0.4, 0.5) is 0 Å². The Morgan fingerprint density at radius 1 is 1.48 bits per heavy atom. The van der Waals surface area contributed by atoms with Gasteiger partial charge in [-0.25, -0.2) is 0 Å². The molecule has 2 bridgehead atoms. The van der Waals surface area contributed by atoms with Crippen molar-refractivity contribution in [3.63, 3.8) is 0 Å². The fourth-order valence-corrected chi connectivity index (χ4v) is 4.09. The van der Waals surface area contributed by atoms with Gasteiger partial charge in [0, 0.05) is 44.0 Å². The Labute approximate surface area is 126 Å². The molecule has 2 aliphatic heterocycles. The van der Waals surface area contributed by atoms with Gasteiger partial charge in [-0.15, -0.1) is 0 Å². The molecule has 0 spiro atoms. The Hall–Kier alpha value is -1.42. The second kappa shape index (κ2) is 5.76. The summed E-state index contributed by atoms with van der Waals surface area (Å²) in [6, 6.07) is 6.89. The van der Waals surface area contributed by atoms with Gasteiger partial charge in [-0.2, -0.15) is 0 Å². The van der Waals surface area contributed by atoms with Crippen molar-refractivity contribution in [3.05, 3.63) is 30.1 Å². The highest BCUT2D eigenvalue weighted by atomic mass is 16.2. The van der Waals surface area contributed by atoms with E-state index in [-0.39, 0.29) is 5.41 Å². The number of nitrogens with one attached hydrogen (secondary N) is 1.